The number of rotatable bonds is 31. The summed E-state index contributed by atoms with van der Waals surface area (Å²) >= 11 is 0. The van der Waals surface area contributed by atoms with Gasteiger partial charge in [-0.2, -0.15) is 8.78 Å². The van der Waals surface area contributed by atoms with Crippen molar-refractivity contribution in [2.75, 3.05) is 66.0 Å². The predicted molar refractivity (Wildman–Crippen MR) is 272 cm³/mol. The highest BCUT2D eigenvalue weighted by molar-refractivity contribution is 5.79. The number of hydrogen-bond acceptors (Lipinski definition) is 20. The van der Waals surface area contributed by atoms with Gasteiger partial charge in [0.15, 0.2) is 0 Å². The predicted octanol–water partition coefficient (Wildman–Crippen LogP) is 1.69. The minimum atomic E-state index is -2.56. The molecular formula is C53H57F5N8O17. The highest BCUT2D eigenvalue weighted by Gasteiger charge is 2.57. The molecule has 3 heterocycles. The van der Waals surface area contributed by atoms with Crippen LogP contribution in [-0.2, 0) is 68.2 Å². The molecule has 0 radical (unpaired) electrons. The zero-order valence-corrected chi connectivity index (χ0v) is 43.8. The number of carbonyl (C=O) groups excluding carboxylic acids is 3. The van der Waals surface area contributed by atoms with Gasteiger partial charge in [-0.15, -0.1) is 10.2 Å². The number of phenolic OH excluding ortho intramolecular Hbond substituents is 1. The molecule has 83 heavy (non-hydrogen) atoms. The van der Waals surface area contributed by atoms with Gasteiger partial charge in [0.05, 0.1) is 103 Å². The van der Waals surface area contributed by atoms with E-state index in [9.17, 15) is 71.8 Å². The molecule has 446 valence electrons. The van der Waals surface area contributed by atoms with Crippen LogP contribution in [-0.4, -0.2) is 181 Å². The lowest BCUT2D eigenvalue weighted by Gasteiger charge is -2.46. The van der Waals surface area contributed by atoms with E-state index in [-0.39, 0.29) is 77.3 Å². The van der Waals surface area contributed by atoms with Crippen molar-refractivity contribution in [1.82, 2.24) is 40.6 Å². The number of aliphatic hydroxyl groups is 4. The van der Waals surface area contributed by atoms with Crippen LogP contribution in [0, 0.1) is 29.1 Å². The minimum absolute atomic E-state index is 0.0181. The van der Waals surface area contributed by atoms with E-state index >= 15 is 0 Å². The van der Waals surface area contributed by atoms with Gasteiger partial charge in [0.2, 0.25) is 46.6 Å². The summed E-state index contributed by atoms with van der Waals surface area (Å²) in [6.07, 6.45) is -6.02. The summed E-state index contributed by atoms with van der Waals surface area (Å²) in [5.41, 5.74) is 0.826. The number of carbonyl (C=O) groups is 4. The average Bonchev–Trinajstić information content (AvgIpc) is 4.17. The molecule has 6 aromatic rings. The summed E-state index contributed by atoms with van der Waals surface area (Å²) < 4.78 is 107. The van der Waals surface area contributed by atoms with Crippen molar-refractivity contribution in [2.24, 2.45) is 0 Å². The van der Waals surface area contributed by atoms with E-state index in [2.05, 4.69) is 36.0 Å². The Labute approximate surface area is 468 Å². The van der Waals surface area contributed by atoms with E-state index < -0.39 is 121 Å². The molecule has 0 spiro atoms. The molecule has 0 unspecified atom stereocenters. The van der Waals surface area contributed by atoms with Crippen LogP contribution < -0.4 is 20.1 Å². The Morgan fingerprint density at radius 1 is 0.723 bits per heavy atom. The van der Waals surface area contributed by atoms with Crippen LogP contribution in [0.4, 0.5) is 22.0 Å². The Kier molecular flexibility index (Phi) is 22.4. The summed E-state index contributed by atoms with van der Waals surface area (Å²) in [6.45, 7) is -0.160. The van der Waals surface area contributed by atoms with Crippen LogP contribution in [0.15, 0.2) is 85.2 Å². The number of halogens is 5. The lowest BCUT2D eigenvalue weighted by Crippen LogP contribution is -2.68. The number of aliphatic carboxylic acids is 1. The number of amides is 2. The molecule has 2 aromatic heterocycles. The van der Waals surface area contributed by atoms with Crippen LogP contribution >= 0.6 is 0 Å². The quantitative estimate of drug-likeness (QED) is 0.00767. The van der Waals surface area contributed by atoms with Crippen molar-refractivity contribution in [3.05, 3.63) is 126 Å². The number of nitrogens with one attached hydrogen (secondary N) is 2. The third-order valence-electron chi connectivity index (χ3n) is 12.6. The second kappa shape index (κ2) is 29.8. The third kappa shape index (κ3) is 16.8. The maximum atomic E-state index is 13.7. The first-order valence-electron chi connectivity index (χ1n) is 25.5. The number of ether oxygens (including phenoxy) is 7. The summed E-state index contributed by atoms with van der Waals surface area (Å²) in [6, 6.07) is 18.5. The van der Waals surface area contributed by atoms with E-state index in [0.717, 1.165) is 15.8 Å². The van der Waals surface area contributed by atoms with Gasteiger partial charge < -0.3 is 74.4 Å². The fourth-order valence-corrected chi connectivity index (χ4v) is 8.21. The van der Waals surface area contributed by atoms with Gasteiger partial charge >= 0.3 is 11.9 Å². The van der Waals surface area contributed by atoms with Crippen molar-refractivity contribution in [2.45, 2.75) is 68.6 Å². The molecule has 0 aliphatic carbocycles. The van der Waals surface area contributed by atoms with Crippen molar-refractivity contribution in [1.29, 1.82) is 0 Å². The van der Waals surface area contributed by atoms with E-state index in [1.165, 1.54) is 6.20 Å². The molecule has 30 heteroatoms. The Morgan fingerprint density at radius 3 is 1.92 bits per heavy atom. The van der Waals surface area contributed by atoms with Crippen molar-refractivity contribution in [3.8, 4) is 39.6 Å². The molecule has 4 aromatic carbocycles. The molecule has 6 atom stereocenters. The zero-order valence-electron chi connectivity index (χ0n) is 43.8. The van der Waals surface area contributed by atoms with Gasteiger partial charge in [-0.05, 0) is 53.1 Å². The minimum Gasteiger partial charge on any atom is -0.508 e. The maximum Gasteiger partial charge on any atom is 0.359 e. The summed E-state index contributed by atoms with van der Waals surface area (Å²) in [4.78, 5) is 50.2. The first kappa shape index (κ1) is 62.5. The van der Waals surface area contributed by atoms with Crippen LogP contribution in [0.1, 0.15) is 24.1 Å². The number of aromatic nitrogens is 6. The average molecular weight is 1170 g/mol. The van der Waals surface area contributed by atoms with Crippen molar-refractivity contribution in [3.63, 3.8) is 0 Å². The molecule has 0 bridgehead atoms. The van der Waals surface area contributed by atoms with Gasteiger partial charge in [-0.25, -0.2) is 27.3 Å². The summed E-state index contributed by atoms with van der Waals surface area (Å²) in [5, 5.41) is 84.6. The molecule has 1 aliphatic rings. The molecule has 8 N–H and O–H groups in total. The molecule has 1 fully saturated rings. The third-order valence-corrected chi connectivity index (χ3v) is 12.6. The Bertz CT molecular complexity index is 3100. The first-order valence-corrected chi connectivity index (χ1v) is 25.5. The fourth-order valence-electron chi connectivity index (χ4n) is 8.21. The highest BCUT2D eigenvalue weighted by atomic mass is 19.2. The Balaban J connectivity index is 0.803. The monoisotopic (exact) mass is 1170 g/mol. The number of aliphatic hydroxyl groups excluding tert-OH is 4. The topological polar surface area (TPSA) is 340 Å². The molecule has 2 amide bonds. The van der Waals surface area contributed by atoms with E-state index in [1.54, 1.807) is 83.7 Å². The molecule has 25 nitrogen and oxygen atoms in total. The van der Waals surface area contributed by atoms with Crippen LogP contribution in [0.3, 0.4) is 0 Å². The SMILES string of the molecule is O=C(Cc1ccc(-c2ccc(O)cc2)cc1)NC[C@@H](O)[C@@H](O)[C@@H]1O[C@](C(=O)O)(n2cc(-c3ccc(OCc4cn(CCOCCOCCOCCOCCC(=O)Oc5c(F)c(F)c(F)c(F)c5F)nn4)cc3)nn2)C[C@H](O)[C@H]1NC(=O)CO. The largest absolute Gasteiger partial charge is 0.508 e. The fraction of sp³-hybridized carbons (Fsp3) is 0.396. The Hall–Kier alpha value is -8.07. The molecular weight excluding hydrogens is 1120 g/mol. The number of hydrogen-bond donors (Lipinski definition) is 8. The second-order valence-electron chi connectivity index (χ2n) is 18.4. The lowest BCUT2D eigenvalue weighted by molar-refractivity contribution is -0.257. The van der Waals surface area contributed by atoms with Crippen molar-refractivity contribution < 1.29 is 105 Å². The summed E-state index contributed by atoms with van der Waals surface area (Å²) in [7, 11) is 0. The Morgan fingerprint density at radius 2 is 1.30 bits per heavy atom. The standard InChI is InChI=1S/C53H57F5N8O17/c54-43-44(55)46(57)50(47(58)45(43)56)82-42(73)13-15-77-17-19-79-21-22-80-20-18-78-16-14-65-26-34(61-63-65)29-81-36-11-7-33(8-12-36)37-27-66(64-62-37)53(52(75)76)24-38(69)48(60-41(72)28-67)51(83-53)49(74)39(70)25-59-40(71)23-30-1-3-31(4-2-30)32-5-9-35(68)10-6-32/h1-12,26-27,38-39,48-49,51,67-70,74H,13-25,28-29H2,(H,59,71)(H,60,72)(H,75,76)/t38-,39+,48+,49+,51+,53+/m0/s1. The highest BCUT2D eigenvalue weighted by Crippen LogP contribution is 2.37. The number of carboxylic acid groups (broad SMARTS) is 1. The zero-order chi connectivity index (χ0) is 59.6. The summed E-state index contributed by atoms with van der Waals surface area (Å²) in [5.74, 6) is -17.1. The maximum absolute atomic E-state index is 13.7. The first-order chi connectivity index (χ1) is 39.9. The lowest BCUT2D eigenvalue weighted by atomic mass is 9.87. The number of nitrogens with zero attached hydrogens (tertiary/aromatic N) is 6. The molecule has 7 rings (SSSR count). The van der Waals surface area contributed by atoms with E-state index in [4.69, 9.17) is 28.4 Å². The second-order valence-corrected chi connectivity index (χ2v) is 18.4. The van der Waals surface area contributed by atoms with Gasteiger partial charge in [-0.3, -0.25) is 14.4 Å². The van der Waals surface area contributed by atoms with Gasteiger partial charge in [0.25, 0.3) is 5.72 Å². The van der Waals surface area contributed by atoms with Crippen LogP contribution in [0.25, 0.3) is 22.4 Å². The van der Waals surface area contributed by atoms with Crippen LogP contribution in [0.5, 0.6) is 17.2 Å². The smallest absolute Gasteiger partial charge is 0.359 e. The van der Waals surface area contributed by atoms with E-state index in [0.29, 0.717) is 29.1 Å². The number of carboxylic acids is 1. The van der Waals surface area contributed by atoms with Crippen molar-refractivity contribution >= 4 is 23.8 Å². The number of aromatic hydroxyl groups is 1. The molecule has 0 saturated carbocycles. The van der Waals surface area contributed by atoms with Gasteiger partial charge in [-0.1, -0.05) is 46.8 Å². The van der Waals surface area contributed by atoms with Crippen LogP contribution in [0.2, 0.25) is 0 Å². The normalized spacial score (nSPS) is 17.6. The number of esters is 1. The van der Waals surface area contributed by atoms with E-state index in [1.807, 2.05) is 0 Å². The van der Waals surface area contributed by atoms with Gasteiger partial charge in [0, 0.05) is 18.5 Å². The molecule has 1 saturated heterocycles. The molecule has 1 aliphatic heterocycles. The number of phenols is 1. The number of benzene rings is 4. The van der Waals surface area contributed by atoms with Gasteiger partial charge in [0.1, 0.15) is 48.3 Å².